The van der Waals surface area contributed by atoms with E-state index in [0.29, 0.717) is 24.6 Å². The Labute approximate surface area is 186 Å². The molecule has 2 aliphatic rings. The van der Waals surface area contributed by atoms with Crippen LogP contribution in [0.25, 0.3) is 0 Å². The highest BCUT2D eigenvalue weighted by Crippen LogP contribution is 2.35. The lowest BCUT2D eigenvalue weighted by atomic mass is 10.0. The van der Waals surface area contributed by atoms with Crippen molar-refractivity contribution in [3.8, 4) is 0 Å². The van der Waals surface area contributed by atoms with Gasteiger partial charge < -0.3 is 9.80 Å². The summed E-state index contributed by atoms with van der Waals surface area (Å²) >= 11 is 0. The van der Waals surface area contributed by atoms with Crippen LogP contribution in [0.15, 0.2) is 42.9 Å². The maximum atomic E-state index is 13.3. The highest BCUT2D eigenvalue weighted by atomic mass is 19.1. The van der Waals surface area contributed by atoms with Crippen molar-refractivity contribution in [1.29, 1.82) is 0 Å². The van der Waals surface area contributed by atoms with Crippen molar-refractivity contribution in [3.05, 3.63) is 77.0 Å². The van der Waals surface area contributed by atoms with Gasteiger partial charge in [0.2, 0.25) is 0 Å². The molecule has 0 spiro atoms. The molecule has 5 rings (SSSR count). The van der Waals surface area contributed by atoms with E-state index in [0.717, 1.165) is 54.9 Å². The molecular formula is C24H25FN6O. The summed E-state index contributed by atoms with van der Waals surface area (Å²) in [6.45, 7) is 4.22. The third-order valence-corrected chi connectivity index (χ3v) is 6.24. The van der Waals surface area contributed by atoms with Crippen molar-refractivity contribution in [2.75, 3.05) is 18.0 Å². The van der Waals surface area contributed by atoms with E-state index in [1.165, 1.54) is 24.5 Å². The topological polar surface area (TPSA) is 75.1 Å². The fraction of sp³-hybridized carbons (Fsp3) is 0.375. The van der Waals surface area contributed by atoms with Gasteiger partial charge in [-0.3, -0.25) is 9.78 Å². The predicted molar refractivity (Wildman–Crippen MR) is 118 cm³/mol. The molecule has 0 N–H and O–H groups in total. The van der Waals surface area contributed by atoms with Gasteiger partial charge in [-0.05, 0) is 50.3 Å². The molecule has 2 aliphatic heterocycles. The van der Waals surface area contributed by atoms with Crippen LogP contribution in [0.3, 0.4) is 0 Å². The largest absolute Gasteiger partial charge is 0.352 e. The number of hydrogen-bond donors (Lipinski definition) is 0. The minimum Gasteiger partial charge on any atom is -0.352 e. The Kier molecular flexibility index (Phi) is 5.51. The number of amides is 1. The van der Waals surface area contributed by atoms with E-state index in [4.69, 9.17) is 9.97 Å². The van der Waals surface area contributed by atoms with E-state index in [9.17, 15) is 9.18 Å². The number of likely N-dealkylation sites (tertiary alicyclic amines) is 1. The zero-order valence-corrected chi connectivity index (χ0v) is 18.0. The first-order valence-electron chi connectivity index (χ1n) is 11.0. The Morgan fingerprint density at radius 2 is 1.97 bits per heavy atom. The molecule has 0 bridgehead atoms. The molecule has 4 heterocycles. The average Bonchev–Trinajstić information content (AvgIpc) is 3.31. The van der Waals surface area contributed by atoms with Gasteiger partial charge in [0, 0.05) is 43.3 Å². The Morgan fingerprint density at radius 1 is 1.12 bits per heavy atom. The summed E-state index contributed by atoms with van der Waals surface area (Å²) in [7, 11) is 0. The van der Waals surface area contributed by atoms with Crippen LogP contribution in [0.2, 0.25) is 0 Å². The van der Waals surface area contributed by atoms with Crippen LogP contribution in [0.5, 0.6) is 0 Å². The van der Waals surface area contributed by atoms with E-state index in [-0.39, 0.29) is 17.8 Å². The van der Waals surface area contributed by atoms with Gasteiger partial charge in [0.05, 0.1) is 12.2 Å². The van der Waals surface area contributed by atoms with Crippen LogP contribution in [-0.4, -0.2) is 43.8 Å². The Bertz CT molecular complexity index is 1120. The number of nitrogens with zero attached hydrogens (tertiary/aromatic N) is 6. The second-order valence-electron chi connectivity index (χ2n) is 8.37. The first-order chi connectivity index (χ1) is 15.6. The number of fused-ring (bicyclic) bond motifs is 1. The van der Waals surface area contributed by atoms with Crippen molar-refractivity contribution >= 4 is 11.7 Å². The monoisotopic (exact) mass is 432 g/mol. The normalized spacial score (nSPS) is 18.0. The Morgan fingerprint density at radius 3 is 2.75 bits per heavy atom. The molecule has 1 amide bonds. The smallest absolute Gasteiger partial charge is 0.274 e. The zero-order chi connectivity index (χ0) is 22.1. The standard InChI is InChI=1S/C24H25FN6O/c1-16-19-4-2-12-30(15-17-6-8-18(25)9-7-17)23(19)29-22(28-16)21-5-3-13-31(21)24(32)20-14-26-10-11-27-20/h6-11,14,21H,2-5,12-13,15H2,1H3/t21-/m1/s1. The molecule has 1 fully saturated rings. The van der Waals surface area contributed by atoms with Gasteiger partial charge in [0.15, 0.2) is 5.82 Å². The van der Waals surface area contributed by atoms with Crippen molar-refractivity contribution in [2.45, 2.75) is 45.2 Å². The number of aryl methyl sites for hydroxylation is 1. The summed E-state index contributed by atoms with van der Waals surface area (Å²) in [5, 5.41) is 0. The number of hydrogen-bond acceptors (Lipinski definition) is 6. The number of rotatable bonds is 4. The first kappa shape index (κ1) is 20.5. The van der Waals surface area contributed by atoms with Crippen LogP contribution < -0.4 is 4.90 Å². The SMILES string of the molecule is Cc1nc([C@H]2CCCN2C(=O)c2cnccn2)nc2c1CCCN2Cc1ccc(F)cc1. The number of carbonyl (C=O) groups is 1. The third-order valence-electron chi connectivity index (χ3n) is 6.24. The van der Waals surface area contributed by atoms with Crippen LogP contribution in [0, 0.1) is 12.7 Å². The molecule has 0 aliphatic carbocycles. The maximum absolute atomic E-state index is 13.3. The van der Waals surface area contributed by atoms with Gasteiger partial charge in [-0.15, -0.1) is 0 Å². The third kappa shape index (κ3) is 3.92. The van der Waals surface area contributed by atoms with Gasteiger partial charge in [-0.25, -0.2) is 19.3 Å². The molecule has 32 heavy (non-hydrogen) atoms. The summed E-state index contributed by atoms with van der Waals surface area (Å²) in [6, 6.07) is 6.44. The number of carbonyl (C=O) groups excluding carboxylic acids is 1. The molecule has 2 aromatic heterocycles. The molecule has 0 unspecified atom stereocenters. The minimum absolute atomic E-state index is 0.136. The second-order valence-corrected chi connectivity index (χ2v) is 8.37. The van der Waals surface area contributed by atoms with Gasteiger partial charge in [0.25, 0.3) is 5.91 Å². The lowest BCUT2D eigenvalue weighted by Crippen LogP contribution is -2.34. The summed E-state index contributed by atoms with van der Waals surface area (Å²) in [5.41, 5.74) is 3.50. The minimum atomic E-state index is -0.234. The fourth-order valence-electron chi connectivity index (χ4n) is 4.66. The number of aromatic nitrogens is 4. The van der Waals surface area contributed by atoms with Gasteiger partial charge >= 0.3 is 0 Å². The average molecular weight is 433 g/mol. The molecule has 164 valence electrons. The highest BCUT2D eigenvalue weighted by Gasteiger charge is 2.34. The molecule has 1 saturated heterocycles. The molecule has 8 heteroatoms. The molecule has 0 radical (unpaired) electrons. The number of benzene rings is 1. The summed E-state index contributed by atoms with van der Waals surface area (Å²) in [4.78, 5) is 35.2. The van der Waals surface area contributed by atoms with E-state index >= 15 is 0 Å². The Hall–Kier alpha value is -3.42. The summed E-state index contributed by atoms with van der Waals surface area (Å²) in [6.07, 6.45) is 8.28. The van der Waals surface area contributed by atoms with Crippen molar-refractivity contribution in [2.24, 2.45) is 0 Å². The van der Waals surface area contributed by atoms with Crippen molar-refractivity contribution < 1.29 is 9.18 Å². The predicted octanol–water partition coefficient (Wildman–Crippen LogP) is 3.64. The lowest BCUT2D eigenvalue weighted by Gasteiger charge is -2.32. The van der Waals surface area contributed by atoms with E-state index in [1.807, 2.05) is 24.0 Å². The van der Waals surface area contributed by atoms with Crippen LogP contribution in [0.1, 0.15) is 58.4 Å². The lowest BCUT2D eigenvalue weighted by molar-refractivity contribution is 0.0723. The maximum Gasteiger partial charge on any atom is 0.274 e. The highest BCUT2D eigenvalue weighted by molar-refractivity contribution is 5.92. The van der Waals surface area contributed by atoms with Crippen molar-refractivity contribution in [3.63, 3.8) is 0 Å². The van der Waals surface area contributed by atoms with Gasteiger partial charge in [0.1, 0.15) is 17.3 Å². The molecule has 3 aromatic rings. The van der Waals surface area contributed by atoms with Crippen LogP contribution >= 0.6 is 0 Å². The van der Waals surface area contributed by atoms with Gasteiger partial charge in [-0.2, -0.15) is 0 Å². The van der Waals surface area contributed by atoms with E-state index in [1.54, 1.807) is 6.20 Å². The molecule has 7 nitrogen and oxygen atoms in total. The fourth-order valence-corrected chi connectivity index (χ4v) is 4.66. The van der Waals surface area contributed by atoms with Crippen LogP contribution in [0.4, 0.5) is 10.2 Å². The van der Waals surface area contributed by atoms with Gasteiger partial charge in [-0.1, -0.05) is 12.1 Å². The van der Waals surface area contributed by atoms with E-state index in [2.05, 4.69) is 14.9 Å². The summed E-state index contributed by atoms with van der Waals surface area (Å²) < 4.78 is 13.3. The molecule has 1 atom stereocenters. The Balaban J connectivity index is 1.46. The van der Waals surface area contributed by atoms with Crippen LogP contribution in [-0.2, 0) is 13.0 Å². The number of anilines is 1. The molecular weight excluding hydrogens is 407 g/mol. The summed E-state index contributed by atoms with van der Waals surface area (Å²) in [5.74, 6) is 1.24. The van der Waals surface area contributed by atoms with E-state index < -0.39 is 0 Å². The second kappa shape index (κ2) is 8.61. The number of halogens is 1. The quantitative estimate of drug-likeness (QED) is 0.627. The van der Waals surface area contributed by atoms with Crippen molar-refractivity contribution in [1.82, 2.24) is 24.8 Å². The first-order valence-corrected chi connectivity index (χ1v) is 11.0. The zero-order valence-electron chi connectivity index (χ0n) is 18.0. The molecule has 0 saturated carbocycles. The molecule has 1 aromatic carbocycles.